The quantitative estimate of drug-likeness (QED) is 0.302. The standard InChI is InChI=1S/C26H20ClF3N2O3/c27-23-11-10-21(15-22(23)26(28,29)30)35-20-8-6-17(7-9-20)12-13-34-25-31-16-19(24(33)32-25)14-18-4-2-1-3-5-18/h1-11,15-16H,12-14H2,(H,31,32,33). The molecule has 0 spiro atoms. The summed E-state index contributed by atoms with van der Waals surface area (Å²) in [6.07, 6.45) is -1.97. The molecule has 3 aromatic carbocycles. The van der Waals surface area contributed by atoms with Crippen molar-refractivity contribution in [2.45, 2.75) is 19.0 Å². The van der Waals surface area contributed by atoms with Crippen molar-refractivity contribution in [3.63, 3.8) is 0 Å². The Kier molecular flexibility index (Phi) is 7.41. The number of halogens is 4. The van der Waals surface area contributed by atoms with Gasteiger partial charge in [-0.2, -0.15) is 18.2 Å². The first-order valence-electron chi connectivity index (χ1n) is 10.7. The van der Waals surface area contributed by atoms with Gasteiger partial charge in [-0.15, -0.1) is 0 Å². The van der Waals surface area contributed by atoms with E-state index in [1.54, 1.807) is 30.5 Å². The SMILES string of the molecule is O=c1nc(OCCc2ccc(Oc3ccc(Cl)c(C(F)(F)F)c3)cc2)[nH]cc1Cc1ccccc1. The van der Waals surface area contributed by atoms with Crippen LogP contribution in [0.5, 0.6) is 17.5 Å². The molecule has 35 heavy (non-hydrogen) atoms. The van der Waals surface area contributed by atoms with E-state index in [-0.39, 0.29) is 28.9 Å². The maximum absolute atomic E-state index is 13.0. The Hall–Kier alpha value is -3.78. The number of H-pyrrole nitrogens is 1. The van der Waals surface area contributed by atoms with Gasteiger partial charge in [-0.05, 0) is 41.5 Å². The topological polar surface area (TPSA) is 64.2 Å². The Morgan fingerprint density at radius 3 is 2.31 bits per heavy atom. The zero-order chi connectivity index (χ0) is 24.8. The molecule has 1 aromatic heterocycles. The van der Waals surface area contributed by atoms with Gasteiger partial charge in [0, 0.05) is 24.6 Å². The number of alkyl halides is 3. The number of hydrogen-bond donors (Lipinski definition) is 1. The van der Waals surface area contributed by atoms with Crippen molar-refractivity contribution in [1.29, 1.82) is 0 Å². The monoisotopic (exact) mass is 500 g/mol. The van der Waals surface area contributed by atoms with Crippen LogP contribution in [0.15, 0.2) is 83.8 Å². The molecule has 1 heterocycles. The van der Waals surface area contributed by atoms with E-state index in [2.05, 4.69) is 9.97 Å². The number of nitrogens with one attached hydrogen (secondary N) is 1. The van der Waals surface area contributed by atoms with E-state index in [9.17, 15) is 18.0 Å². The lowest BCUT2D eigenvalue weighted by Crippen LogP contribution is -2.16. The van der Waals surface area contributed by atoms with Gasteiger partial charge in [-0.1, -0.05) is 54.1 Å². The lowest BCUT2D eigenvalue weighted by atomic mass is 10.1. The van der Waals surface area contributed by atoms with Crippen LogP contribution in [0.2, 0.25) is 5.02 Å². The van der Waals surface area contributed by atoms with Crippen molar-refractivity contribution < 1.29 is 22.6 Å². The van der Waals surface area contributed by atoms with Gasteiger partial charge in [0.1, 0.15) is 11.5 Å². The second-order valence-electron chi connectivity index (χ2n) is 7.68. The predicted molar refractivity (Wildman–Crippen MR) is 126 cm³/mol. The predicted octanol–water partition coefficient (Wildman–Crippen LogP) is 6.45. The maximum atomic E-state index is 13.0. The summed E-state index contributed by atoms with van der Waals surface area (Å²) in [6.45, 7) is 0.271. The first-order valence-corrected chi connectivity index (χ1v) is 11.0. The van der Waals surface area contributed by atoms with Gasteiger partial charge < -0.3 is 14.5 Å². The minimum atomic E-state index is -4.57. The highest BCUT2D eigenvalue weighted by Gasteiger charge is 2.33. The van der Waals surface area contributed by atoms with Crippen molar-refractivity contribution in [3.8, 4) is 17.5 Å². The molecular formula is C26H20ClF3N2O3. The molecule has 9 heteroatoms. The van der Waals surface area contributed by atoms with Crippen molar-refractivity contribution >= 4 is 11.6 Å². The van der Waals surface area contributed by atoms with Crippen LogP contribution in [0.1, 0.15) is 22.3 Å². The number of aromatic nitrogens is 2. The van der Waals surface area contributed by atoms with Crippen molar-refractivity contribution in [2.24, 2.45) is 0 Å². The summed E-state index contributed by atoms with van der Waals surface area (Å²) < 4.78 is 50.1. The van der Waals surface area contributed by atoms with E-state index in [1.807, 2.05) is 30.3 Å². The van der Waals surface area contributed by atoms with E-state index < -0.39 is 11.7 Å². The van der Waals surface area contributed by atoms with Gasteiger partial charge in [-0.3, -0.25) is 4.79 Å². The molecule has 0 atom stereocenters. The van der Waals surface area contributed by atoms with Crippen molar-refractivity contribution in [3.05, 3.63) is 117 Å². The normalized spacial score (nSPS) is 11.3. The molecule has 0 saturated heterocycles. The van der Waals surface area contributed by atoms with Gasteiger partial charge in [0.2, 0.25) is 0 Å². The minimum Gasteiger partial charge on any atom is -0.464 e. The third-order valence-corrected chi connectivity index (χ3v) is 5.45. The van der Waals surface area contributed by atoms with Gasteiger partial charge in [0.15, 0.2) is 0 Å². The molecule has 0 aliphatic carbocycles. The molecule has 0 radical (unpaired) electrons. The summed E-state index contributed by atoms with van der Waals surface area (Å²) in [4.78, 5) is 19.1. The molecule has 0 unspecified atom stereocenters. The molecule has 0 fully saturated rings. The average molecular weight is 501 g/mol. The largest absolute Gasteiger partial charge is 0.464 e. The Balaban J connectivity index is 1.30. The molecule has 0 bridgehead atoms. The summed E-state index contributed by atoms with van der Waals surface area (Å²) in [5.41, 5.74) is 1.16. The van der Waals surface area contributed by atoms with Crippen LogP contribution in [0.25, 0.3) is 0 Å². The molecule has 180 valence electrons. The van der Waals surface area contributed by atoms with Crippen LogP contribution in [0.3, 0.4) is 0 Å². The molecule has 4 aromatic rings. The number of hydrogen-bond acceptors (Lipinski definition) is 4. The zero-order valence-electron chi connectivity index (χ0n) is 18.3. The second kappa shape index (κ2) is 10.7. The van der Waals surface area contributed by atoms with Crippen molar-refractivity contribution in [1.82, 2.24) is 9.97 Å². The minimum absolute atomic E-state index is 0.0311. The van der Waals surface area contributed by atoms with Gasteiger partial charge in [-0.25, -0.2) is 0 Å². The molecule has 5 nitrogen and oxygen atoms in total. The van der Waals surface area contributed by atoms with Crippen LogP contribution in [-0.4, -0.2) is 16.6 Å². The molecule has 0 aliphatic rings. The average Bonchev–Trinajstić information content (AvgIpc) is 2.83. The lowest BCUT2D eigenvalue weighted by Gasteiger charge is -2.12. The van der Waals surface area contributed by atoms with Crippen LogP contribution in [0.4, 0.5) is 13.2 Å². The van der Waals surface area contributed by atoms with E-state index >= 15 is 0 Å². The zero-order valence-corrected chi connectivity index (χ0v) is 19.1. The third kappa shape index (κ3) is 6.64. The summed E-state index contributed by atoms with van der Waals surface area (Å²) in [5, 5.41) is -0.387. The first kappa shape index (κ1) is 24.3. The maximum Gasteiger partial charge on any atom is 0.417 e. The fourth-order valence-electron chi connectivity index (χ4n) is 3.33. The molecule has 4 rings (SSSR count). The van der Waals surface area contributed by atoms with Gasteiger partial charge in [0.05, 0.1) is 17.2 Å². The third-order valence-electron chi connectivity index (χ3n) is 5.12. The van der Waals surface area contributed by atoms with E-state index in [0.717, 1.165) is 23.3 Å². The molecule has 0 aliphatic heterocycles. The fourth-order valence-corrected chi connectivity index (χ4v) is 3.56. The number of ether oxygens (including phenoxy) is 2. The van der Waals surface area contributed by atoms with Gasteiger partial charge >= 0.3 is 6.18 Å². The van der Waals surface area contributed by atoms with Crippen LogP contribution < -0.4 is 15.0 Å². The highest BCUT2D eigenvalue weighted by atomic mass is 35.5. The highest BCUT2D eigenvalue weighted by molar-refractivity contribution is 6.31. The Morgan fingerprint density at radius 2 is 1.63 bits per heavy atom. The Bertz CT molecular complexity index is 1340. The second-order valence-corrected chi connectivity index (χ2v) is 8.09. The number of rotatable bonds is 8. The smallest absolute Gasteiger partial charge is 0.417 e. The van der Waals surface area contributed by atoms with E-state index in [1.165, 1.54) is 6.07 Å². The summed E-state index contributed by atoms with van der Waals surface area (Å²) in [5.74, 6) is 0.411. The van der Waals surface area contributed by atoms with Crippen molar-refractivity contribution in [2.75, 3.05) is 6.61 Å². The highest BCUT2D eigenvalue weighted by Crippen LogP contribution is 2.37. The number of benzene rings is 3. The van der Waals surface area contributed by atoms with E-state index in [4.69, 9.17) is 21.1 Å². The molecule has 0 amide bonds. The van der Waals surface area contributed by atoms with Crippen LogP contribution in [-0.2, 0) is 19.0 Å². The lowest BCUT2D eigenvalue weighted by molar-refractivity contribution is -0.137. The molecule has 0 saturated carbocycles. The number of nitrogens with zero attached hydrogens (tertiary/aromatic N) is 1. The van der Waals surface area contributed by atoms with Crippen LogP contribution >= 0.6 is 11.6 Å². The van der Waals surface area contributed by atoms with Gasteiger partial charge in [0.25, 0.3) is 11.6 Å². The Labute approximate surface area is 204 Å². The Morgan fingerprint density at radius 1 is 0.914 bits per heavy atom. The molecule has 1 N–H and O–H groups in total. The van der Waals surface area contributed by atoms with E-state index in [0.29, 0.717) is 24.2 Å². The summed E-state index contributed by atoms with van der Waals surface area (Å²) in [6, 6.07) is 20.0. The van der Waals surface area contributed by atoms with Crippen LogP contribution in [0, 0.1) is 0 Å². The number of aromatic amines is 1. The summed E-state index contributed by atoms with van der Waals surface area (Å²) >= 11 is 5.64. The fraction of sp³-hybridized carbons (Fsp3) is 0.154. The first-order chi connectivity index (χ1) is 16.8. The molecular weight excluding hydrogens is 481 g/mol. The summed E-state index contributed by atoms with van der Waals surface area (Å²) in [7, 11) is 0.